The van der Waals surface area contributed by atoms with Crippen LogP contribution < -0.4 is 22.5 Å². The highest BCUT2D eigenvalue weighted by Gasteiger charge is 2.53. The molecule has 2 bridgehead atoms. The molecule has 690 valence electrons. The van der Waals surface area contributed by atoms with Crippen molar-refractivity contribution in [1.29, 1.82) is 0 Å². The summed E-state index contributed by atoms with van der Waals surface area (Å²) in [6.45, 7) is 18.6. The van der Waals surface area contributed by atoms with E-state index in [1.54, 1.807) is 47.1 Å². The first-order chi connectivity index (χ1) is 60.3. The Morgan fingerprint density at radius 3 is 2.05 bits per heavy atom. The Kier molecular flexibility index (Phi) is 39.7. The van der Waals surface area contributed by atoms with Crippen LogP contribution in [0.4, 0.5) is 16.6 Å². The zero-order valence-electron chi connectivity index (χ0n) is 73.9. The number of anilines is 2. The van der Waals surface area contributed by atoms with Gasteiger partial charge in [-0.2, -0.15) is 10.1 Å². The number of nitrogens with one attached hydrogen (secondary N) is 1. The Hall–Kier alpha value is -8.56. The van der Waals surface area contributed by atoms with E-state index in [0.717, 1.165) is 28.7 Å². The van der Waals surface area contributed by atoms with Crippen LogP contribution in [0.25, 0.3) is 33.4 Å². The summed E-state index contributed by atoms with van der Waals surface area (Å²) in [4.78, 5) is 99.5. The zero-order valence-corrected chi connectivity index (χ0v) is 73.9. The summed E-state index contributed by atoms with van der Waals surface area (Å²) in [6.07, 6.45) is 12.4. The van der Waals surface area contributed by atoms with Gasteiger partial charge in [0.25, 0.3) is 17.7 Å². The van der Waals surface area contributed by atoms with Gasteiger partial charge in [0.15, 0.2) is 17.0 Å². The number of piperidine rings is 1. The Morgan fingerprint density at radius 2 is 1.37 bits per heavy atom. The summed E-state index contributed by atoms with van der Waals surface area (Å²) in [7, 11) is 3.12. The van der Waals surface area contributed by atoms with Crippen molar-refractivity contribution in [3.05, 3.63) is 107 Å². The molecule has 2 saturated heterocycles. The minimum absolute atomic E-state index is 0.0368. The summed E-state index contributed by atoms with van der Waals surface area (Å²) < 4.78 is 82.6. The van der Waals surface area contributed by atoms with Crippen LogP contribution in [0.5, 0.6) is 0 Å². The van der Waals surface area contributed by atoms with Crippen molar-refractivity contribution in [3.8, 4) is 11.3 Å². The number of esters is 1. The SMILES string of the molecule is CO[C@H]1C[C@@H]2CC[C@@H](C)[C@@](O)(O2)C(=O)C(=O)N2CCCC[C@H]2C(=O)O[C@H]([C@H](N)C[C@@H]2CC[C@@H](OC(=O)NCCOCCOCCOCCOCCOCCOCCOCCOCCC(=O)N3CCc4cc(Cn5nc(-c6ccc7oc(N)nc7c6)c6c(N)ncnc65)ccc4C3)[C@H](OC)C2)CC[C@H](C)/C=C(\C)[C@@H](O)[C@@H](O)C(=O)[C@H](C)C[C@H](C)/C=C/C=CC=C1C. The highest BCUT2D eigenvalue weighted by molar-refractivity contribution is 6.39. The fourth-order valence-electron chi connectivity index (χ4n) is 16.8. The molecule has 1 saturated carbocycles. The van der Waals surface area contributed by atoms with E-state index in [1.165, 1.54) is 16.8 Å². The van der Waals surface area contributed by atoms with Crippen LogP contribution in [-0.2, 0) is 105 Å². The number of methoxy groups -OCH3 is 2. The maximum Gasteiger partial charge on any atom is 0.407 e. The summed E-state index contributed by atoms with van der Waals surface area (Å²) in [5.74, 6) is -7.13. The number of nitrogen functional groups attached to an aromatic ring is 2. The first-order valence-electron chi connectivity index (χ1n) is 44.3. The van der Waals surface area contributed by atoms with Crippen LogP contribution in [0, 0.1) is 29.6 Å². The highest BCUT2D eigenvalue weighted by Crippen LogP contribution is 2.39. The molecule has 125 heavy (non-hydrogen) atoms. The minimum Gasteiger partial charge on any atom is -0.459 e. The van der Waals surface area contributed by atoms with Gasteiger partial charge in [0.05, 0.1) is 142 Å². The number of hydrogen-bond acceptors (Lipinski definition) is 30. The Morgan fingerprint density at radius 1 is 0.688 bits per heavy atom. The summed E-state index contributed by atoms with van der Waals surface area (Å²) in [5, 5.41) is 43.0. The molecule has 10 N–H and O–H groups in total. The van der Waals surface area contributed by atoms with Crippen LogP contribution >= 0.6 is 0 Å². The third-order valence-corrected chi connectivity index (χ3v) is 24.0. The maximum absolute atomic E-state index is 14.7. The number of cyclic esters (lactones) is 1. The molecule has 34 heteroatoms. The minimum atomic E-state index is -2.46. The quantitative estimate of drug-likeness (QED) is 0.00862. The van der Waals surface area contributed by atoms with Gasteiger partial charge in [0, 0.05) is 70.3 Å². The number of oxazole rings is 1. The van der Waals surface area contributed by atoms with Crippen molar-refractivity contribution in [3.63, 3.8) is 0 Å². The number of benzene rings is 2. The smallest absolute Gasteiger partial charge is 0.407 e. The monoisotopic (exact) mass is 1750 g/mol. The number of nitrogens with zero attached hydrogens (tertiary/aromatic N) is 7. The summed E-state index contributed by atoms with van der Waals surface area (Å²) >= 11 is 0. The number of hydrogen-bond donors (Lipinski definition) is 7. The molecule has 3 fully saturated rings. The van der Waals surface area contributed by atoms with E-state index in [4.69, 9.17) is 88.3 Å². The molecule has 0 spiro atoms. The number of alkyl carbamates (subject to hydrolysis) is 1. The van der Waals surface area contributed by atoms with Crippen molar-refractivity contribution in [2.45, 2.75) is 212 Å². The lowest BCUT2D eigenvalue weighted by Gasteiger charge is -2.42. The molecule has 5 aromatic rings. The first-order valence-corrected chi connectivity index (χ1v) is 44.3. The number of ketones is 2. The van der Waals surface area contributed by atoms with Crippen molar-refractivity contribution >= 4 is 69.4 Å². The molecule has 1 aliphatic carbocycles. The molecule has 5 aliphatic rings. The fraction of sp³-hybridized carbons (Fsp3) is 0.648. The van der Waals surface area contributed by atoms with Gasteiger partial charge in [-0.1, -0.05) is 82.4 Å². The van der Waals surface area contributed by atoms with Gasteiger partial charge in [-0.05, 0) is 161 Å². The molecule has 4 aliphatic heterocycles. The fourth-order valence-corrected chi connectivity index (χ4v) is 16.8. The van der Waals surface area contributed by atoms with Gasteiger partial charge in [0.2, 0.25) is 11.7 Å². The van der Waals surface area contributed by atoms with Crippen LogP contribution in [0.3, 0.4) is 0 Å². The number of carbonyl (C=O) groups excluding carboxylic acids is 6. The third-order valence-electron chi connectivity index (χ3n) is 24.0. The molecule has 34 nitrogen and oxygen atoms in total. The number of allylic oxidation sites excluding steroid dienone is 6. The second-order valence-corrected chi connectivity index (χ2v) is 33.5. The first kappa shape index (κ1) is 98.6. The Bertz CT molecular complexity index is 4400. The number of aromatic nitrogens is 5. The molecule has 3 aromatic heterocycles. The van der Waals surface area contributed by atoms with Gasteiger partial charge < -0.3 is 114 Å². The van der Waals surface area contributed by atoms with Gasteiger partial charge >= 0.3 is 12.1 Å². The van der Waals surface area contributed by atoms with E-state index in [9.17, 15) is 44.1 Å². The van der Waals surface area contributed by atoms with Crippen LogP contribution in [0.15, 0.2) is 94.7 Å². The van der Waals surface area contributed by atoms with Crippen molar-refractivity contribution in [1.82, 2.24) is 39.8 Å². The van der Waals surface area contributed by atoms with E-state index in [0.29, 0.717) is 222 Å². The summed E-state index contributed by atoms with van der Waals surface area (Å²) in [5.41, 5.74) is 27.1. The second-order valence-electron chi connectivity index (χ2n) is 33.5. The third kappa shape index (κ3) is 29.2. The zero-order chi connectivity index (χ0) is 89.4. The maximum atomic E-state index is 14.7. The Labute approximate surface area is 732 Å². The topological polar surface area (TPSA) is 449 Å². The van der Waals surface area contributed by atoms with Crippen molar-refractivity contribution < 1.29 is 110 Å². The van der Waals surface area contributed by atoms with Gasteiger partial charge in [-0.3, -0.25) is 19.2 Å². The average molecular weight is 1750 g/mol. The van der Waals surface area contributed by atoms with Crippen LogP contribution in [0.2, 0.25) is 0 Å². The van der Waals surface area contributed by atoms with Crippen molar-refractivity contribution in [2.24, 2.45) is 35.3 Å². The average Bonchev–Trinajstić information content (AvgIpc) is 1.56. The molecule has 0 unspecified atom stereocenters. The normalized spacial score (nSPS) is 26.5. The molecule has 3 amide bonds. The number of aliphatic hydroxyl groups excluding tert-OH is 2. The van der Waals surface area contributed by atoms with Gasteiger partial charge in [-0.15, -0.1) is 0 Å². The lowest BCUT2D eigenvalue weighted by atomic mass is 9.80. The predicted octanol–water partition coefficient (Wildman–Crippen LogP) is 8.04. The molecule has 7 heterocycles. The van der Waals surface area contributed by atoms with Crippen LogP contribution in [-0.4, -0.2) is 285 Å². The largest absolute Gasteiger partial charge is 0.459 e. The number of carbonyl (C=O) groups is 6. The van der Waals surface area contributed by atoms with Crippen molar-refractivity contribution in [2.75, 3.05) is 151 Å². The number of nitrogens with two attached hydrogens (primary N) is 3. The molecular weight excluding hydrogens is 1620 g/mol. The second kappa shape index (κ2) is 50.3. The number of amides is 3. The lowest BCUT2D eigenvalue weighted by Crippen LogP contribution is -2.61. The summed E-state index contributed by atoms with van der Waals surface area (Å²) in [6, 6.07) is 10.0. The number of aliphatic hydroxyl groups is 3. The molecular formula is C91H133N11O23. The molecule has 0 radical (unpaired) electrons. The molecule has 2 aromatic carbocycles. The van der Waals surface area contributed by atoms with Crippen LogP contribution in [0.1, 0.15) is 148 Å². The lowest BCUT2D eigenvalue weighted by molar-refractivity contribution is -0.265. The number of Topliss-reactive ketones (excluding diaryl/α,β-unsaturated/α-hetero) is 2. The standard InChI is InChI=1S/C91H133N11O23/c1-58-14-10-9-11-15-60(3)76(112-7)54-69-23-18-63(6)91(111,125-69)84(107)87(108)101-30-13-12-16-72(101)88(109)122-73(24-17-59(2)49-62(5)82(105)83(106)81(104)61(4)48-58)70(92)51-64-20-25-75(77(52-64)113-8)124-90(110)95-29-33-115-35-37-117-39-41-119-43-45-121-47-46-120-44-42-118-40-38-116-36-34-114-32-28-78(103)100-31-27-66-50-65(19-21-68(66)56-100)55-102-86-79(85(93)96-57-97-86)80(99-102)67-22-26-74-71(53-67)98-89(94)123-74/h9-11,14-15,19,21-22,26,49-50,53,57-59,61,63-64,69-70,72-73,75-77,82-83,105-106,111H,12-13,16-18,20,23-25,27-48,51-52,54-56,92H2,1-8H3,(H2,94,98)(H,95,110)(H2,93,96,97)/b11-9?,14-10+,60-15?,62-49+/t58-,59+,61-,63-,64+,69+,70-,72+,73+,75-,76+,77-,82-,83+,91-/m1/s1. The number of fused-ring (bicyclic) bond motifs is 6. The molecule has 10 rings (SSSR count). The van der Waals surface area contributed by atoms with E-state index in [1.807, 2.05) is 72.9 Å². The number of rotatable bonds is 36. The van der Waals surface area contributed by atoms with Gasteiger partial charge in [0.1, 0.15) is 53.8 Å². The van der Waals surface area contributed by atoms with E-state index < -0.39 is 102 Å². The Balaban J connectivity index is 0.543. The number of ether oxygens (including phenoxy) is 13. The van der Waals surface area contributed by atoms with E-state index in [2.05, 4.69) is 38.5 Å². The van der Waals surface area contributed by atoms with E-state index >= 15 is 0 Å². The van der Waals surface area contributed by atoms with E-state index in [-0.39, 0.29) is 75.1 Å². The molecule has 15 atom stereocenters. The van der Waals surface area contributed by atoms with Gasteiger partial charge in [-0.25, -0.2) is 24.2 Å². The highest BCUT2D eigenvalue weighted by atomic mass is 16.6. The predicted molar refractivity (Wildman–Crippen MR) is 464 cm³/mol.